The Kier molecular flexibility index (Phi) is 5.47. The summed E-state index contributed by atoms with van der Waals surface area (Å²) >= 11 is 0. The maximum atomic E-state index is 13.2. The standard InChI is InChI=1S/C21H21F3N4O3/c1-3-31-20(29)11-4-6-14-13(8-11)17-18(27-14)25-10-26-19(17)28-15-9-12(21(22,23)24)5-7-16(15)30-2/h5,7,9-11H,3-4,6,8H2,1-2H3,(H2,25,26,27,28). The Bertz CT molecular complexity index is 1130. The van der Waals surface area contributed by atoms with Gasteiger partial charge in [0.2, 0.25) is 0 Å². The summed E-state index contributed by atoms with van der Waals surface area (Å²) < 4.78 is 50.0. The number of halogens is 3. The van der Waals surface area contributed by atoms with Crippen LogP contribution in [0.25, 0.3) is 11.0 Å². The van der Waals surface area contributed by atoms with E-state index in [1.54, 1.807) is 6.92 Å². The average molecular weight is 434 g/mol. The number of anilines is 2. The van der Waals surface area contributed by atoms with Crippen molar-refractivity contribution in [3.63, 3.8) is 0 Å². The van der Waals surface area contributed by atoms with Crippen molar-refractivity contribution in [2.45, 2.75) is 32.4 Å². The van der Waals surface area contributed by atoms with Gasteiger partial charge in [-0.05, 0) is 49.9 Å². The third-order valence-electron chi connectivity index (χ3n) is 5.38. The van der Waals surface area contributed by atoms with Crippen LogP contribution in [0, 0.1) is 5.92 Å². The Hall–Kier alpha value is -3.30. The number of nitrogens with one attached hydrogen (secondary N) is 2. The van der Waals surface area contributed by atoms with Crippen molar-refractivity contribution in [1.82, 2.24) is 15.0 Å². The van der Waals surface area contributed by atoms with Crippen molar-refractivity contribution in [3.05, 3.63) is 41.3 Å². The molecule has 0 aliphatic heterocycles. The number of alkyl halides is 3. The highest BCUT2D eigenvalue weighted by molar-refractivity contribution is 5.94. The van der Waals surface area contributed by atoms with E-state index in [-0.39, 0.29) is 23.3 Å². The molecule has 0 radical (unpaired) electrons. The lowest BCUT2D eigenvalue weighted by atomic mass is 9.86. The number of nitrogens with zero attached hydrogens (tertiary/aromatic N) is 2. The van der Waals surface area contributed by atoms with Gasteiger partial charge in [0, 0.05) is 5.69 Å². The molecular weight excluding hydrogens is 413 g/mol. The summed E-state index contributed by atoms with van der Waals surface area (Å²) in [6.07, 6.45) is -1.44. The first-order valence-corrected chi connectivity index (χ1v) is 9.85. The zero-order chi connectivity index (χ0) is 22.2. The summed E-state index contributed by atoms with van der Waals surface area (Å²) in [6, 6.07) is 3.20. The third-order valence-corrected chi connectivity index (χ3v) is 5.38. The molecule has 0 spiro atoms. The lowest BCUT2D eigenvalue weighted by molar-refractivity contribution is -0.148. The first-order valence-electron chi connectivity index (χ1n) is 9.85. The van der Waals surface area contributed by atoms with Crippen molar-refractivity contribution in [2.75, 3.05) is 19.0 Å². The smallest absolute Gasteiger partial charge is 0.416 e. The lowest BCUT2D eigenvalue weighted by Gasteiger charge is -2.21. The minimum Gasteiger partial charge on any atom is -0.495 e. The first kappa shape index (κ1) is 21.0. The van der Waals surface area contributed by atoms with Crippen LogP contribution in [0.5, 0.6) is 5.75 Å². The van der Waals surface area contributed by atoms with E-state index in [9.17, 15) is 18.0 Å². The van der Waals surface area contributed by atoms with E-state index in [1.807, 2.05) is 0 Å². The van der Waals surface area contributed by atoms with Gasteiger partial charge in [-0.3, -0.25) is 4.79 Å². The molecule has 4 rings (SSSR count). The molecule has 2 N–H and O–H groups in total. The molecule has 2 aromatic heterocycles. The Morgan fingerprint density at radius 3 is 2.84 bits per heavy atom. The van der Waals surface area contributed by atoms with Crippen LogP contribution in [0.15, 0.2) is 24.5 Å². The number of hydrogen-bond acceptors (Lipinski definition) is 6. The van der Waals surface area contributed by atoms with Gasteiger partial charge in [0.25, 0.3) is 0 Å². The molecule has 1 aromatic carbocycles. The van der Waals surface area contributed by atoms with Gasteiger partial charge in [0.1, 0.15) is 23.5 Å². The molecule has 1 unspecified atom stereocenters. The van der Waals surface area contributed by atoms with Crippen LogP contribution in [0.1, 0.15) is 30.2 Å². The van der Waals surface area contributed by atoms with Crippen LogP contribution >= 0.6 is 0 Å². The first-order chi connectivity index (χ1) is 14.8. The Morgan fingerprint density at radius 1 is 1.32 bits per heavy atom. The zero-order valence-electron chi connectivity index (χ0n) is 17.0. The van der Waals surface area contributed by atoms with Crippen LogP contribution in [-0.4, -0.2) is 34.6 Å². The molecule has 1 atom stereocenters. The fourth-order valence-electron chi connectivity index (χ4n) is 3.91. The minimum absolute atomic E-state index is 0.130. The number of benzene rings is 1. The number of H-pyrrole nitrogens is 1. The number of carbonyl (C=O) groups is 1. The summed E-state index contributed by atoms with van der Waals surface area (Å²) in [7, 11) is 1.38. The summed E-state index contributed by atoms with van der Waals surface area (Å²) in [5.41, 5.74) is 1.69. The highest BCUT2D eigenvalue weighted by atomic mass is 19.4. The molecule has 0 amide bonds. The molecule has 10 heteroatoms. The maximum absolute atomic E-state index is 13.2. The molecule has 0 bridgehead atoms. The summed E-state index contributed by atoms with van der Waals surface area (Å²) in [5.74, 6) is 0.0363. The van der Waals surface area contributed by atoms with Crippen molar-refractivity contribution < 1.29 is 27.4 Å². The minimum atomic E-state index is -4.50. The normalized spacial score (nSPS) is 16.1. The van der Waals surface area contributed by atoms with E-state index in [4.69, 9.17) is 9.47 Å². The zero-order valence-corrected chi connectivity index (χ0v) is 17.0. The predicted molar refractivity (Wildman–Crippen MR) is 107 cm³/mol. The quantitative estimate of drug-likeness (QED) is 0.579. The van der Waals surface area contributed by atoms with Gasteiger partial charge in [-0.25, -0.2) is 9.97 Å². The van der Waals surface area contributed by atoms with Crippen molar-refractivity contribution in [3.8, 4) is 5.75 Å². The molecule has 31 heavy (non-hydrogen) atoms. The van der Waals surface area contributed by atoms with E-state index in [0.29, 0.717) is 42.7 Å². The number of fused-ring (bicyclic) bond motifs is 3. The number of hydrogen-bond donors (Lipinski definition) is 2. The number of methoxy groups -OCH3 is 1. The second-order valence-corrected chi connectivity index (χ2v) is 7.26. The molecule has 2 heterocycles. The number of ether oxygens (including phenoxy) is 2. The Morgan fingerprint density at radius 2 is 2.13 bits per heavy atom. The average Bonchev–Trinajstić information content (AvgIpc) is 3.12. The van der Waals surface area contributed by atoms with E-state index in [1.165, 1.54) is 19.5 Å². The molecular formula is C21H21F3N4O3. The number of aromatic amines is 1. The van der Waals surface area contributed by atoms with Crippen molar-refractivity contribution in [1.29, 1.82) is 0 Å². The van der Waals surface area contributed by atoms with Crippen LogP contribution in [-0.2, 0) is 28.5 Å². The van der Waals surface area contributed by atoms with Gasteiger partial charge < -0.3 is 19.8 Å². The topological polar surface area (TPSA) is 89.1 Å². The summed E-state index contributed by atoms with van der Waals surface area (Å²) in [6.45, 7) is 2.07. The monoisotopic (exact) mass is 434 g/mol. The third kappa shape index (κ3) is 4.01. The van der Waals surface area contributed by atoms with E-state index in [0.717, 1.165) is 23.4 Å². The largest absolute Gasteiger partial charge is 0.495 e. The molecule has 1 aliphatic carbocycles. The van der Waals surface area contributed by atoms with E-state index >= 15 is 0 Å². The number of esters is 1. The SMILES string of the molecule is CCOC(=O)C1CCc2[nH]c3ncnc(Nc4cc(C(F)(F)F)ccc4OC)c3c2C1. The molecule has 164 valence electrons. The highest BCUT2D eigenvalue weighted by Crippen LogP contribution is 2.39. The van der Waals surface area contributed by atoms with Gasteiger partial charge in [0.05, 0.1) is 36.3 Å². The van der Waals surface area contributed by atoms with Crippen molar-refractivity contribution in [2.24, 2.45) is 5.92 Å². The van der Waals surface area contributed by atoms with E-state index in [2.05, 4.69) is 20.3 Å². The van der Waals surface area contributed by atoms with Gasteiger partial charge in [-0.15, -0.1) is 0 Å². The van der Waals surface area contributed by atoms with Gasteiger partial charge >= 0.3 is 12.1 Å². The Labute approximate surface area is 176 Å². The van der Waals surface area contributed by atoms with Crippen LogP contribution in [0.4, 0.5) is 24.7 Å². The second kappa shape index (κ2) is 8.09. The van der Waals surface area contributed by atoms with Gasteiger partial charge in [-0.2, -0.15) is 13.2 Å². The Balaban J connectivity index is 1.75. The number of aryl methyl sites for hydroxylation is 1. The summed E-state index contributed by atoms with van der Waals surface area (Å²) in [4.78, 5) is 24.0. The fourth-order valence-corrected chi connectivity index (χ4v) is 3.91. The predicted octanol–water partition coefficient (Wildman–Crippen LogP) is 4.40. The molecule has 1 aliphatic rings. The van der Waals surface area contributed by atoms with E-state index < -0.39 is 11.7 Å². The van der Waals surface area contributed by atoms with Gasteiger partial charge in [0.15, 0.2) is 0 Å². The highest BCUT2D eigenvalue weighted by Gasteiger charge is 2.32. The number of rotatable bonds is 5. The van der Waals surface area contributed by atoms with Gasteiger partial charge in [-0.1, -0.05) is 0 Å². The molecule has 0 saturated carbocycles. The number of aromatic nitrogens is 3. The lowest BCUT2D eigenvalue weighted by Crippen LogP contribution is -2.24. The van der Waals surface area contributed by atoms with Crippen molar-refractivity contribution >= 4 is 28.5 Å². The molecule has 0 saturated heterocycles. The molecule has 3 aromatic rings. The maximum Gasteiger partial charge on any atom is 0.416 e. The number of carbonyl (C=O) groups excluding carboxylic acids is 1. The van der Waals surface area contributed by atoms with Crippen LogP contribution in [0.2, 0.25) is 0 Å². The molecule has 7 nitrogen and oxygen atoms in total. The second-order valence-electron chi connectivity index (χ2n) is 7.26. The van der Waals surface area contributed by atoms with Crippen LogP contribution < -0.4 is 10.1 Å². The molecule has 0 fully saturated rings. The fraction of sp³-hybridized carbons (Fsp3) is 0.381. The summed E-state index contributed by atoms with van der Waals surface area (Å²) in [5, 5.41) is 3.62. The van der Waals surface area contributed by atoms with Crippen LogP contribution in [0.3, 0.4) is 0 Å².